The number of carbonyl (C=O) groups is 2. The van der Waals surface area contributed by atoms with Crippen molar-refractivity contribution in [2.45, 2.75) is 19.6 Å². The van der Waals surface area contributed by atoms with Crippen LogP contribution in [0.3, 0.4) is 0 Å². The zero-order valence-electron chi connectivity index (χ0n) is 17.7. The first kappa shape index (κ1) is 21.8. The van der Waals surface area contributed by atoms with Gasteiger partial charge in [-0.15, -0.1) is 0 Å². The summed E-state index contributed by atoms with van der Waals surface area (Å²) in [7, 11) is 0. The highest BCUT2D eigenvalue weighted by Crippen LogP contribution is 2.17. The van der Waals surface area contributed by atoms with Crippen molar-refractivity contribution in [1.29, 1.82) is 0 Å². The van der Waals surface area contributed by atoms with Crippen LogP contribution in [0.1, 0.15) is 22.6 Å². The van der Waals surface area contributed by atoms with Crippen molar-refractivity contribution >= 4 is 23.6 Å². The first-order chi connectivity index (χ1) is 16.1. The maximum Gasteiger partial charge on any atom is 0.412 e. The van der Waals surface area contributed by atoms with E-state index in [4.69, 9.17) is 18.3 Å². The molecule has 2 aromatic heterocycles. The molecule has 0 radical (unpaired) electrons. The van der Waals surface area contributed by atoms with Crippen molar-refractivity contribution in [3.63, 3.8) is 0 Å². The molecule has 0 unspecified atom stereocenters. The number of amides is 2. The normalized spacial score (nSPS) is 10.4. The number of nitrogens with one attached hydrogen (secondary N) is 2. The molecule has 0 atom stereocenters. The average Bonchev–Trinajstić information content (AvgIpc) is 3.53. The molecule has 0 spiro atoms. The van der Waals surface area contributed by atoms with Crippen molar-refractivity contribution in [3.05, 3.63) is 108 Å². The van der Waals surface area contributed by atoms with Gasteiger partial charge in [-0.2, -0.15) is 0 Å². The highest BCUT2D eigenvalue weighted by atomic mass is 16.6. The second-order valence-corrected chi connectivity index (χ2v) is 7.13. The summed E-state index contributed by atoms with van der Waals surface area (Å²) in [5.41, 5.74) is 3.41. The summed E-state index contributed by atoms with van der Waals surface area (Å²) < 4.78 is 20.4. The monoisotopic (exact) mass is 446 g/mol. The molecule has 33 heavy (non-hydrogen) atoms. The van der Waals surface area contributed by atoms with Crippen LogP contribution >= 0.6 is 0 Å². The largest absolute Gasteiger partial charge is 0.466 e. The Balaban J connectivity index is 1.22. The van der Waals surface area contributed by atoms with Crippen molar-refractivity contribution < 1.29 is 27.9 Å². The highest BCUT2D eigenvalue weighted by Gasteiger charge is 2.07. The molecule has 0 fully saturated rings. The van der Waals surface area contributed by atoms with E-state index in [1.807, 2.05) is 48.5 Å². The number of furan rings is 2. The minimum atomic E-state index is -0.551. The Labute approximate surface area is 190 Å². The van der Waals surface area contributed by atoms with Crippen LogP contribution in [-0.4, -0.2) is 12.2 Å². The quantitative estimate of drug-likeness (QED) is 0.346. The molecule has 0 aliphatic carbocycles. The number of ether oxygens (including phenoxy) is 2. The summed E-state index contributed by atoms with van der Waals surface area (Å²) in [5, 5.41) is 5.36. The lowest BCUT2D eigenvalue weighted by atomic mass is 10.0. The van der Waals surface area contributed by atoms with Gasteiger partial charge >= 0.3 is 12.2 Å². The van der Waals surface area contributed by atoms with Crippen molar-refractivity contribution in [3.8, 4) is 0 Å². The molecular weight excluding hydrogens is 424 g/mol. The van der Waals surface area contributed by atoms with Gasteiger partial charge in [0.2, 0.25) is 0 Å². The zero-order chi connectivity index (χ0) is 22.9. The minimum absolute atomic E-state index is 0.0729. The lowest BCUT2D eigenvalue weighted by Gasteiger charge is -2.08. The predicted molar refractivity (Wildman–Crippen MR) is 121 cm³/mol. The van der Waals surface area contributed by atoms with Gasteiger partial charge in [-0.1, -0.05) is 24.3 Å². The number of benzene rings is 2. The Hall–Kier alpha value is -4.46. The van der Waals surface area contributed by atoms with Crippen molar-refractivity contribution in [2.75, 3.05) is 10.6 Å². The van der Waals surface area contributed by atoms with Crippen LogP contribution in [0.25, 0.3) is 0 Å². The highest BCUT2D eigenvalue weighted by molar-refractivity contribution is 5.85. The molecule has 2 aromatic carbocycles. The fraction of sp³-hybridized carbons (Fsp3) is 0.120. The van der Waals surface area contributed by atoms with Gasteiger partial charge < -0.3 is 18.3 Å². The summed E-state index contributed by atoms with van der Waals surface area (Å²) in [4.78, 5) is 23.7. The van der Waals surface area contributed by atoms with E-state index in [0.29, 0.717) is 29.3 Å². The first-order valence-electron chi connectivity index (χ1n) is 10.2. The Bertz CT molecular complexity index is 1060. The third-order valence-corrected chi connectivity index (χ3v) is 4.66. The summed E-state index contributed by atoms with van der Waals surface area (Å²) in [5.74, 6) is 1.15. The molecular formula is C25H22N2O6. The van der Waals surface area contributed by atoms with Gasteiger partial charge in [-0.05, 0) is 66.1 Å². The topological polar surface area (TPSA) is 103 Å². The average molecular weight is 446 g/mol. The molecule has 0 saturated carbocycles. The van der Waals surface area contributed by atoms with E-state index in [0.717, 1.165) is 11.1 Å². The summed E-state index contributed by atoms with van der Waals surface area (Å²) in [6, 6.07) is 21.9. The van der Waals surface area contributed by atoms with E-state index in [1.54, 1.807) is 24.3 Å². The smallest absolute Gasteiger partial charge is 0.412 e. The van der Waals surface area contributed by atoms with Gasteiger partial charge in [0.1, 0.15) is 11.5 Å². The van der Waals surface area contributed by atoms with Gasteiger partial charge in [-0.3, -0.25) is 10.6 Å². The maximum absolute atomic E-state index is 11.9. The minimum Gasteiger partial charge on any atom is -0.466 e. The molecule has 2 heterocycles. The standard InChI is InChI=1S/C25H22N2O6/c28-24(32-16-22-3-1-13-30-22)26-20-9-5-18(6-10-20)15-19-7-11-21(12-8-19)27-25(29)33-17-23-4-2-14-31-23/h1-14H,15-17H2,(H,26,28)(H,27,29). The molecule has 2 amide bonds. The Morgan fingerprint density at radius 1 is 0.636 bits per heavy atom. The molecule has 2 N–H and O–H groups in total. The maximum atomic E-state index is 11.9. The third-order valence-electron chi connectivity index (χ3n) is 4.66. The van der Waals surface area contributed by atoms with Crippen molar-refractivity contribution in [1.82, 2.24) is 0 Å². The van der Waals surface area contributed by atoms with E-state index in [1.165, 1.54) is 12.5 Å². The van der Waals surface area contributed by atoms with Crippen LogP contribution in [0.4, 0.5) is 21.0 Å². The molecule has 0 saturated heterocycles. The van der Waals surface area contributed by atoms with Gasteiger partial charge in [0, 0.05) is 11.4 Å². The molecule has 0 aliphatic heterocycles. The molecule has 4 aromatic rings. The number of carbonyl (C=O) groups excluding carboxylic acids is 2. The molecule has 8 heteroatoms. The molecule has 8 nitrogen and oxygen atoms in total. The zero-order valence-corrected chi connectivity index (χ0v) is 17.7. The van der Waals surface area contributed by atoms with E-state index in [9.17, 15) is 9.59 Å². The van der Waals surface area contributed by atoms with E-state index in [-0.39, 0.29) is 13.2 Å². The lowest BCUT2D eigenvalue weighted by molar-refractivity contribution is 0.145. The Kier molecular flexibility index (Phi) is 7.07. The van der Waals surface area contributed by atoms with E-state index < -0.39 is 12.2 Å². The number of anilines is 2. The predicted octanol–water partition coefficient (Wildman–Crippen LogP) is 5.96. The number of hydrogen-bond acceptors (Lipinski definition) is 6. The molecule has 168 valence electrons. The Morgan fingerprint density at radius 2 is 1.06 bits per heavy atom. The second-order valence-electron chi connectivity index (χ2n) is 7.13. The SMILES string of the molecule is O=C(Nc1ccc(Cc2ccc(NC(=O)OCc3ccco3)cc2)cc1)OCc1ccco1. The summed E-state index contributed by atoms with van der Waals surface area (Å²) in [6.45, 7) is 0.146. The van der Waals surface area contributed by atoms with Crippen LogP contribution in [0.5, 0.6) is 0 Å². The molecule has 4 rings (SSSR count). The summed E-state index contributed by atoms with van der Waals surface area (Å²) in [6.07, 6.45) is 2.65. The van der Waals surface area contributed by atoms with Crippen LogP contribution in [0.2, 0.25) is 0 Å². The van der Waals surface area contributed by atoms with Crippen LogP contribution in [-0.2, 0) is 29.1 Å². The van der Waals surface area contributed by atoms with Crippen LogP contribution < -0.4 is 10.6 Å². The van der Waals surface area contributed by atoms with Crippen LogP contribution in [0.15, 0.2) is 94.2 Å². The lowest BCUT2D eigenvalue weighted by Crippen LogP contribution is -2.13. The van der Waals surface area contributed by atoms with Gasteiger partial charge in [0.05, 0.1) is 12.5 Å². The molecule has 0 aliphatic rings. The van der Waals surface area contributed by atoms with Crippen LogP contribution in [0, 0.1) is 0 Å². The number of rotatable bonds is 8. The fourth-order valence-corrected chi connectivity index (χ4v) is 3.02. The summed E-state index contributed by atoms with van der Waals surface area (Å²) >= 11 is 0. The first-order valence-corrected chi connectivity index (χ1v) is 10.2. The van der Waals surface area contributed by atoms with Gasteiger partial charge in [0.15, 0.2) is 13.2 Å². The Morgan fingerprint density at radius 3 is 1.42 bits per heavy atom. The van der Waals surface area contributed by atoms with Gasteiger partial charge in [0.25, 0.3) is 0 Å². The number of hydrogen-bond donors (Lipinski definition) is 2. The second kappa shape index (κ2) is 10.7. The van der Waals surface area contributed by atoms with E-state index in [2.05, 4.69) is 10.6 Å². The fourth-order valence-electron chi connectivity index (χ4n) is 3.02. The third kappa shape index (κ3) is 6.76. The van der Waals surface area contributed by atoms with Gasteiger partial charge in [-0.25, -0.2) is 9.59 Å². The van der Waals surface area contributed by atoms with E-state index >= 15 is 0 Å². The molecule has 0 bridgehead atoms. The van der Waals surface area contributed by atoms with Crippen molar-refractivity contribution in [2.24, 2.45) is 0 Å².